The number of halogens is 1. The van der Waals surface area contributed by atoms with Gasteiger partial charge in [-0.15, -0.1) is 11.6 Å². The lowest BCUT2D eigenvalue weighted by Crippen LogP contribution is -2.21. The lowest BCUT2D eigenvalue weighted by molar-refractivity contribution is -0.146. The average Bonchev–Trinajstić information content (AvgIpc) is 2.51. The molecule has 0 aromatic carbocycles. The molecule has 1 aliphatic heterocycles. The molecule has 1 heterocycles. The second kappa shape index (κ2) is 4.67. The number of ether oxygens (including phenoxy) is 2. The van der Waals surface area contributed by atoms with Crippen LogP contribution in [0.1, 0.15) is 19.8 Å². The smallest absolute Gasteiger partial charge is 0.323 e. The van der Waals surface area contributed by atoms with Crippen molar-refractivity contribution in [1.29, 1.82) is 0 Å². The Balaban J connectivity index is 2.12. The van der Waals surface area contributed by atoms with Gasteiger partial charge in [0.05, 0.1) is 6.10 Å². The van der Waals surface area contributed by atoms with Crippen LogP contribution in [0.15, 0.2) is 0 Å². The number of rotatable bonds is 3. The first-order valence-corrected chi connectivity index (χ1v) is 4.56. The predicted octanol–water partition coefficient (Wildman–Crippen LogP) is 1.34. The highest BCUT2D eigenvalue weighted by Gasteiger charge is 2.18. The minimum absolute atomic E-state index is 0.0874. The van der Waals surface area contributed by atoms with E-state index in [4.69, 9.17) is 21.1 Å². The van der Waals surface area contributed by atoms with Crippen molar-refractivity contribution in [2.24, 2.45) is 0 Å². The number of carbonyl (C=O) groups is 1. The van der Waals surface area contributed by atoms with E-state index < -0.39 is 5.38 Å². The largest absolute Gasteiger partial charge is 0.462 e. The maximum Gasteiger partial charge on any atom is 0.323 e. The van der Waals surface area contributed by atoms with Crippen LogP contribution in [0, 0.1) is 0 Å². The molecule has 2 atom stereocenters. The zero-order valence-electron chi connectivity index (χ0n) is 7.09. The van der Waals surface area contributed by atoms with Gasteiger partial charge in [0.1, 0.15) is 12.0 Å². The third kappa shape index (κ3) is 2.99. The fourth-order valence-electron chi connectivity index (χ4n) is 1.07. The van der Waals surface area contributed by atoms with E-state index >= 15 is 0 Å². The SMILES string of the molecule is CC(Cl)C(=O)OCC1CCCO1. The van der Waals surface area contributed by atoms with Crippen LogP contribution in [0.4, 0.5) is 0 Å². The van der Waals surface area contributed by atoms with Crippen LogP contribution >= 0.6 is 11.6 Å². The molecule has 0 aromatic rings. The van der Waals surface area contributed by atoms with Crippen LogP contribution in [0.5, 0.6) is 0 Å². The first-order valence-electron chi connectivity index (χ1n) is 4.12. The number of alkyl halides is 1. The van der Waals surface area contributed by atoms with E-state index in [9.17, 15) is 4.79 Å². The minimum Gasteiger partial charge on any atom is -0.462 e. The molecule has 0 saturated carbocycles. The Labute approximate surface area is 77.0 Å². The summed E-state index contributed by atoms with van der Waals surface area (Å²) in [4.78, 5) is 10.9. The monoisotopic (exact) mass is 192 g/mol. The molecule has 0 amide bonds. The van der Waals surface area contributed by atoms with Gasteiger partial charge in [-0.1, -0.05) is 0 Å². The molecule has 0 radical (unpaired) electrons. The van der Waals surface area contributed by atoms with Crippen molar-refractivity contribution in [3.05, 3.63) is 0 Å². The summed E-state index contributed by atoms with van der Waals surface area (Å²) < 4.78 is 10.2. The van der Waals surface area contributed by atoms with Crippen LogP contribution in [0.25, 0.3) is 0 Å². The number of hydrogen-bond acceptors (Lipinski definition) is 3. The molecule has 0 bridgehead atoms. The predicted molar refractivity (Wildman–Crippen MR) is 45.2 cm³/mol. The summed E-state index contributed by atoms with van der Waals surface area (Å²) in [5, 5.41) is -0.564. The van der Waals surface area contributed by atoms with Gasteiger partial charge < -0.3 is 9.47 Å². The average molecular weight is 193 g/mol. The third-order valence-corrected chi connectivity index (χ3v) is 1.94. The van der Waals surface area contributed by atoms with Gasteiger partial charge >= 0.3 is 5.97 Å². The highest BCUT2D eigenvalue weighted by Crippen LogP contribution is 2.12. The molecule has 0 aliphatic carbocycles. The molecule has 1 aliphatic rings. The second-order valence-corrected chi connectivity index (χ2v) is 3.54. The zero-order chi connectivity index (χ0) is 8.97. The number of carbonyl (C=O) groups excluding carboxylic acids is 1. The molecule has 70 valence electrons. The highest BCUT2D eigenvalue weighted by molar-refractivity contribution is 6.29. The Kier molecular flexibility index (Phi) is 3.82. The van der Waals surface area contributed by atoms with Gasteiger partial charge in [0.25, 0.3) is 0 Å². The van der Waals surface area contributed by atoms with E-state index in [1.165, 1.54) is 0 Å². The van der Waals surface area contributed by atoms with Crippen molar-refractivity contribution >= 4 is 17.6 Å². The molecule has 12 heavy (non-hydrogen) atoms. The van der Waals surface area contributed by atoms with E-state index in [1.807, 2.05) is 0 Å². The van der Waals surface area contributed by atoms with Gasteiger partial charge in [0.15, 0.2) is 0 Å². The van der Waals surface area contributed by atoms with E-state index in [0.717, 1.165) is 19.4 Å². The topological polar surface area (TPSA) is 35.5 Å². The summed E-state index contributed by atoms with van der Waals surface area (Å²) in [6, 6.07) is 0. The molecular formula is C8H13ClO3. The van der Waals surface area contributed by atoms with Crippen molar-refractivity contribution in [2.75, 3.05) is 13.2 Å². The first-order chi connectivity index (χ1) is 5.70. The quantitative estimate of drug-likeness (QED) is 0.500. The first kappa shape index (κ1) is 9.81. The Bertz CT molecular complexity index is 152. The number of hydrogen-bond donors (Lipinski definition) is 0. The van der Waals surface area contributed by atoms with E-state index in [0.29, 0.717) is 6.61 Å². The van der Waals surface area contributed by atoms with Gasteiger partial charge in [-0.2, -0.15) is 0 Å². The van der Waals surface area contributed by atoms with Gasteiger partial charge in [0.2, 0.25) is 0 Å². The van der Waals surface area contributed by atoms with Crippen molar-refractivity contribution in [2.45, 2.75) is 31.2 Å². The Morgan fingerprint density at radius 1 is 1.83 bits per heavy atom. The normalized spacial score (nSPS) is 25.3. The van der Waals surface area contributed by atoms with Crippen LogP contribution in [-0.2, 0) is 14.3 Å². The van der Waals surface area contributed by atoms with Crippen molar-refractivity contribution in [1.82, 2.24) is 0 Å². The van der Waals surface area contributed by atoms with Crippen molar-refractivity contribution in [3.8, 4) is 0 Å². The van der Waals surface area contributed by atoms with Gasteiger partial charge in [-0.3, -0.25) is 4.79 Å². The summed E-state index contributed by atoms with van der Waals surface area (Å²) in [5.74, 6) is -0.368. The lowest BCUT2D eigenvalue weighted by atomic mass is 10.2. The molecule has 3 nitrogen and oxygen atoms in total. The summed E-state index contributed by atoms with van der Waals surface area (Å²) in [7, 11) is 0. The van der Waals surface area contributed by atoms with Gasteiger partial charge in [-0.25, -0.2) is 0 Å². The fraction of sp³-hybridized carbons (Fsp3) is 0.875. The van der Waals surface area contributed by atoms with E-state index in [-0.39, 0.29) is 12.1 Å². The van der Waals surface area contributed by atoms with Crippen LogP contribution in [0.2, 0.25) is 0 Å². The van der Waals surface area contributed by atoms with Gasteiger partial charge in [0, 0.05) is 6.61 Å². The highest BCUT2D eigenvalue weighted by atomic mass is 35.5. The molecular weight excluding hydrogens is 180 g/mol. The van der Waals surface area contributed by atoms with E-state index in [2.05, 4.69) is 0 Å². The molecule has 0 aromatic heterocycles. The van der Waals surface area contributed by atoms with Crippen molar-refractivity contribution in [3.63, 3.8) is 0 Å². The molecule has 2 unspecified atom stereocenters. The molecule has 1 fully saturated rings. The summed E-state index contributed by atoms with van der Waals surface area (Å²) >= 11 is 5.50. The summed E-state index contributed by atoms with van der Waals surface area (Å²) in [6.45, 7) is 2.72. The van der Waals surface area contributed by atoms with Crippen LogP contribution < -0.4 is 0 Å². The standard InChI is InChI=1S/C8H13ClO3/c1-6(9)8(10)12-5-7-3-2-4-11-7/h6-7H,2-5H2,1H3. The fourth-order valence-corrected chi connectivity index (χ4v) is 1.13. The summed E-state index contributed by atoms with van der Waals surface area (Å²) in [5.41, 5.74) is 0. The maximum atomic E-state index is 10.9. The molecule has 0 N–H and O–H groups in total. The summed E-state index contributed by atoms with van der Waals surface area (Å²) in [6.07, 6.45) is 2.12. The number of esters is 1. The minimum atomic E-state index is -0.564. The molecule has 0 spiro atoms. The Hall–Kier alpha value is -0.280. The Morgan fingerprint density at radius 2 is 2.58 bits per heavy atom. The Morgan fingerprint density at radius 3 is 3.08 bits per heavy atom. The molecule has 1 rings (SSSR count). The molecule has 1 saturated heterocycles. The molecule has 4 heteroatoms. The van der Waals surface area contributed by atoms with Crippen LogP contribution in [0.3, 0.4) is 0 Å². The second-order valence-electron chi connectivity index (χ2n) is 2.88. The van der Waals surface area contributed by atoms with E-state index in [1.54, 1.807) is 6.92 Å². The zero-order valence-corrected chi connectivity index (χ0v) is 7.84. The van der Waals surface area contributed by atoms with Crippen LogP contribution in [-0.4, -0.2) is 30.7 Å². The van der Waals surface area contributed by atoms with Gasteiger partial charge in [-0.05, 0) is 19.8 Å². The lowest BCUT2D eigenvalue weighted by Gasteiger charge is -2.10. The van der Waals surface area contributed by atoms with Crippen molar-refractivity contribution < 1.29 is 14.3 Å². The maximum absolute atomic E-state index is 10.9. The third-order valence-electron chi connectivity index (χ3n) is 1.76.